The molecule has 3 heteroatoms. The van der Waals surface area contributed by atoms with E-state index in [1.165, 1.54) is 4.88 Å². The largest absolute Gasteiger partial charge is 0.389 e. The molecule has 0 atom stereocenters. The van der Waals surface area contributed by atoms with E-state index >= 15 is 0 Å². The summed E-state index contributed by atoms with van der Waals surface area (Å²) in [5.41, 5.74) is -0.522. The number of aliphatic hydroxyl groups is 1. The summed E-state index contributed by atoms with van der Waals surface area (Å²) in [5, 5.41) is 12.3. The normalized spacial score (nSPS) is 12.3. The summed E-state index contributed by atoms with van der Waals surface area (Å²) < 4.78 is 0. The highest BCUT2D eigenvalue weighted by molar-refractivity contribution is 7.09. The fraction of sp³-hybridized carbons (Fsp3) is 0.667. The van der Waals surface area contributed by atoms with Crippen LogP contribution < -0.4 is 0 Å². The van der Waals surface area contributed by atoms with E-state index in [0.29, 0.717) is 0 Å². The fourth-order valence-corrected chi connectivity index (χ4v) is 2.48. The van der Waals surface area contributed by atoms with E-state index in [1.54, 1.807) is 11.3 Å². The van der Waals surface area contributed by atoms with Crippen molar-refractivity contribution in [3.8, 4) is 0 Å². The second-order valence-electron chi connectivity index (χ2n) is 4.18. The summed E-state index contributed by atoms with van der Waals surface area (Å²) in [6.07, 6.45) is 1.64. The molecule has 1 rings (SSSR count). The lowest BCUT2D eigenvalue weighted by Crippen LogP contribution is -2.40. The topological polar surface area (TPSA) is 23.5 Å². The second-order valence-corrected chi connectivity index (χ2v) is 5.22. The van der Waals surface area contributed by atoms with Crippen LogP contribution in [-0.2, 0) is 6.54 Å². The van der Waals surface area contributed by atoms with Gasteiger partial charge >= 0.3 is 0 Å². The standard InChI is InChI=1S/C12H21NOS/c1-4-12(14,5-2)10-13(3)9-11-7-6-8-15-11/h6-8,14H,4-5,9-10H2,1-3H3. The maximum Gasteiger partial charge on any atom is 0.0768 e. The number of thiophene rings is 1. The van der Waals surface area contributed by atoms with Gasteiger partial charge in [-0.1, -0.05) is 19.9 Å². The van der Waals surface area contributed by atoms with Crippen LogP contribution in [0.15, 0.2) is 17.5 Å². The summed E-state index contributed by atoms with van der Waals surface area (Å²) in [6.45, 7) is 5.77. The molecular formula is C12H21NOS. The van der Waals surface area contributed by atoms with Crippen molar-refractivity contribution in [2.24, 2.45) is 0 Å². The first-order chi connectivity index (χ1) is 7.09. The highest BCUT2D eigenvalue weighted by Gasteiger charge is 2.23. The number of nitrogens with zero attached hydrogens (tertiary/aromatic N) is 1. The molecule has 0 radical (unpaired) electrons. The van der Waals surface area contributed by atoms with Gasteiger partial charge in [0.25, 0.3) is 0 Å². The predicted octanol–water partition coefficient (Wildman–Crippen LogP) is 2.73. The van der Waals surface area contributed by atoms with Crippen molar-refractivity contribution in [2.75, 3.05) is 13.6 Å². The van der Waals surface area contributed by atoms with Crippen molar-refractivity contribution in [3.05, 3.63) is 22.4 Å². The van der Waals surface area contributed by atoms with E-state index in [9.17, 15) is 5.11 Å². The first-order valence-corrected chi connectivity index (χ1v) is 6.41. The van der Waals surface area contributed by atoms with Gasteiger partial charge < -0.3 is 5.11 Å². The quantitative estimate of drug-likeness (QED) is 0.808. The van der Waals surface area contributed by atoms with Gasteiger partial charge in [0.1, 0.15) is 0 Å². The van der Waals surface area contributed by atoms with Gasteiger partial charge in [0, 0.05) is 18.0 Å². The fourth-order valence-electron chi connectivity index (χ4n) is 1.70. The van der Waals surface area contributed by atoms with E-state index in [-0.39, 0.29) is 0 Å². The lowest BCUT2D eigenvalue weighted by atomic mass is 9.97. The molecule has 2 nitrogen and oxygen atoms in total. The monoisotopic (exact) mass is 227 g/mol. The van der Waals surface area contributed by atoms with Gasteiger partial charge in [-0.3, -0.25) is 4.90 Å². The molecule has 0 fully saturated rings. The molecule has 86 valence electrons. The van der Waals surface area contributed by atoms with Gasteiger partial charge in [0.05, 0.1) is 5.60 Å². The Morgan fingerprint density at radius 2 is 2.07 bits per heavy atom. The minimum atomic E-state index is -0.522. The Morgan fingerprint density at radius 3 is 2.53 bits per heavy atom. The molecule has 1 N–H and O–H groups in total. The van der Waals surface area contributed by atoms with Crippen LogP contribution >= 0.6 is 11.3 Å². The van der Waals surface area contributed by atoms with E-state index < -0.39 is 5.60 Å². The molecule has 1 aromatic heterocycles. The third-order valence-electron chi connectivity index (χ3n) is 2.89. The van der Waals surface area contributed by atoms with Crippen molar-refractivity contribution in [3.63, 3.8) is 0 Å². The summed E-state index contributed by atoms with van der Waals surface area (Å²) in [4.78, 5) is 3.55. The third-order valence-corrected chi connectivity index (χ3v) is 3.75. The molecule has 0 aromatic carbocycles. The van der Waals surface area contributed by atoms with Crippen LogP contribution in [0.4, 0.5) is 0 Å². The predicted molar refractivity (Wildman–Crippen MR) is 66.2 cm³/mol. The molecule has 0 bridgehead atoms. The molecule has 0 unspecified atom stereocenters. The number of likely N-dealkylation sites (N-methyl/N-ethyl adjacent to an activating group) is 1. The van der Waals surface area contributed by atoms with E-state index in [0.717, 1.165) is 25.9 Å². The summed E-state index contributed by atoms with van der Waals surface area (Å²) in [5.74, 6) is 0. The average molecular weight is 227 g/mol. The van der Waals surface area contributed by atoms with Crippen molar-refractivity contribution < 1.29 is 5.11 Å². The number of rotatable bonds is 6. The second kappa shape index (κ2) is 5.64. The first kappa shape index (κ1) is 12.7. The number of hydrogen-bond acceptors (Lipinski definition) is 3. The SMILES string of the molecule is CCC(O)(CC)CN(C)Cc1cccs1. The van der Waals surface area contributed by atoms with Crippen molar-refractivity contribution in [2.45, 2.75) is 38.8 Å². The molecular weight excluding hydrogens is 206 g/mol. The average Bonchev–Trinajstić information content (AvgIpc) is 2.70. The van der Waals surface area contributed by atoms with Crippen LogP contribution in [0.3, 0.4) is 0 Å². The molecule has 1 heterocycles. The molecule has 0 aliphatic rings. The highest BCUT2D eigenvalue weighted by atomic mass is 32.1. The first-order valence-electron chi connectivity index (χ1n) is 5.53. The molecule has 0 aliphatic heterocycles. The van der Waals surface area contributed by atoms with Gasteiger partial charge in [-0.05, 0) is 31.3 Å². The summed E-state index contributed by atoms with van der Waals surface area (Å²) >= 11 is 1.77. The zero-order valence-corrected chi connectivity index (χ0v) is 10.7. The van der Waals surface area contributed by atoms with Crippen molar-refractivity contribution >= 4 is 11.3 Å². The van der Waals surface area contributed by atoms with Crippen LogP contribution in [0, 0.1) is 0 Å². The maximum atomic E-state index is 10.2. The van der Waals surface area contributed by atoms with Crippen LogP contribution in [0.25, 0.3) is 0 Å². The Labute approximate surface area is 96.5 Å². The Bertz CT molecular complexity index is 267. The zero-order chi connectivity index (χ0) is 11.3. The lowest BCUT2D eigenvalue weighted by molar-refractivity contribution is 0.00151. The Kier molecular flexibility index (Phi) is 4.77. The smallest absolute Gasteiger partial charge is 0.0768 e. The van der Waals surface area contributed by atoms with Gasteiger partial charge in [0.2, 0.25) is 0 Å². The van der Waals surface area contributed by atoms with Crippen LogP contribution in [-0.4, -0.2) is 29.2 Å². The van der Waals surface area contributed by atoms with E-state index in [2.05, 4.69) is 29.5 Å². The van der Waals surface area contributed by atoms with E-state index in [1.807, 2.05) is 13.8 Å². The van der Waals surface area contributed by atoms with Crippen LogP contribution in [0.5, 0.6) is 0 Å². The van der Waals surface area contributed by atoms with Crippen LogP contribution in [0.1, 0.15) is 31.6 Å². The van der Waals surface area contributed by atoms with E-state index in [4.69, 9.17) is 0 Å². The van der Waals surface area contributed by atoms with Gasteiger partial charge in [-0.2, -0.15) is 0 Å². The molecule has 1 aromatic rings. The maximum absolute atomic E-state index is 10.2. The molecule has 0 saturated carbocycles. The number of hydrogen-bond donors (Lipinski definition) is 1. The summed E-state index contributed by atoms with van der Waals surface area (Å²) in [7, 11) is 2.07. The summed E-state index contributed by atoms with van der Waals surface area (Å²) in [6, 6.07) is 4.21. The Hall–Kier alpha value is -0.380. The van der Waals surface area contributed by atoms with Gasteiger partial charge in [-0.25, -0.2) is 0 Å². The molecule has 15 heavy (non-hydrogen) atoms. The third kappa shape index (κ3) is 3.93. The minimum absolute atomic E-state index is 0.522. The van der Waals surface area contributed by atoms with Crippen molar-refractivity contribution in [1.82, 2.24) is 4.90 Å². The molecule has 0 aliphatic carbocycles. The molecule has 0 amide bonds. The Balaban J connectivity index is 2.44. The van der Waals surface area contributed by atoms with Crippen molar-refractivity contribution in [1.29, 1.82) is 0 Å². The molecule has 0 saturated heterocycles. The van der Waals surface area contributed by atoms with Gasteiger partial charge in [0.15, 0.2) is 0 Å². The van der Waals surface area contributed by atoms with Crippen LogP contribution in [0.2, 0.25) is 0 Å². The zero-order valence-electron chi connectivity index (χ0n) is 9.86. The van der Waals surface area contributed by atoms with Gasteiger partial charge in [-0.15, -0.1) is 11.3 Å². The minimum Gasteiger partial charge on any atom is -0.389 e. The molecule has 0 spiro atoms. The highest BCUT2D eigenvalue weighted by Crippen LogP contribution is 2.18. The lowest BCUT2D eigenvalue weighted by Gasteiger charge is -2.30. The Morgan fingerprint density at radius 1 is 1.40 bits per heavy atom.